The van der Waals surface area contributed by atoms with Crippen LogP contribution in [0.1, 0.15) is 24.5 Å². The summed E-state index contributed by atoms with van der Waals surface area (Å²) >= 11 is 0. The Balaban J connectivity index is 1.69. The van der Waals surface area contributed by atoms with Crippen molar-refractivity contribution in [2.24, 2.45) is 0 Å². The number of hydrogen-bond donors (Lipinski definition) is 4. The van der Waals surface area contributed by atoms with Gasteiger partial charge in [0, 0.05) is 5.69 Å². The predicted molar refractivity (Wildman–Crippen MR) is 99.0 cm³/mol. The van der Waals surface area contributed by atoms with Crippen LogP contribution in [0, 0.1) is 13.8 Å². The summed E-state index contributed by atoms with van der Waals surface area (Å²) in [5.41, 5.74) is 2.99. The smallest absolute Gasteiger partial charge is 0.275 e. The average molecular weight is 348 g/mol. The lowest BCUT2D eigenvalue weighted by atomic mass is 10.1. The molecule has 1 saturated heterocycles. The summed E-state index contributed by atoms with van der Waals surface area (Å²) in [6.45, 7) is 12.2. The maximum absolute atomic E-state index is 12.1. The minimum absolute atomic E-state index is 0.0205. The molecule has 0 atom stereocenters. The molecule has 2 amide bonds. The Morgan fingerprint density at radius 2 is 1.72 bits per heavy atom. The third kappa shape index (κ3) is 6.14. The second-order valence-electron chi connectivity index (χ2n) is 7.00. The van der Waals surface area contributed by atoms with Gasteiger partial charge in [-0.25, -0.2) is 0 Å². The first kappa shape index (κ1) is 19.4. The third-order valence-corrected chi connectivity index (χ3v) is 5.00. The molecular formula is C19H32N4O2+2. The van der Waals surface area contributed by atoms with Crippen molar-refractivity contribution in [3.05, 3.63) is 29.3 Å². The van der Waals surface area contributed by atoms with Gasteiger partial charge in [-0.15, -0.1) is 0 Å². The van der Waals surface area contributed by atoms with Crippen LogP contribution < -0.4 is 20.4 Å². The topological polar surface area (TPSA) is 67.1 Å². The lowest BCUT2D eigenvalue weighted by Gasteiger charge is -2.29. The fraction of sp³-hybridized carbons (Fsp3) is 0.579. The number of hydrogen-bond acceptors (Lipinski definition) is 2. The Morgan fingerprint density at radius 3 is 2.40 bits per heavy atom. The number of rotatable bonds is 7. The molecule has 0 spiro atoms. The van der Waals surface area contributed by atoms with E-state index in [1.54, 1.807) is 4.90 Å². The van der Waals surface area contributed by atoms with Crippen molar-refractivity contribution in [3.63, 3.8) is 0 Å². The Hall–Kier alpha value is -1.92. The summed E-state index contributed by atoms with van der Waals surface area (Å²) in [4.78, 5) is 27.1. The van der Waals surface area contributed by atoms with E-state index >= 15 is 0 Å². The molecule has 2 rings (SSSR count). The van der Waals surface area contributed by atoms with Crippen LogP contribution in [0.15, 0.2) is 18.2 Å². The number of piperazine rings is 1. The van der Waals surface area contributed by atoms with Crippen LogP contribution in [-0.4, -0.2) is 57.6 Å². The van der Waals surface area contributed by atoms with E-state index in [1.807, 2.05) is 32.0 Å². The Labute approximate surface area is 150 Å². The van der Waals surface area contributed by atoms with Crippen molar-refractivity contribution in [3.8, 4) is 0 Å². The van der Waals surface area contributed by atoms with Crippen LogP contribution in [0.5, 0.6) is 0 Å². The summed E-state index contributed by atoms with van der Waals surface area (Å²) in [5, 5.41) is 5.61. The molecule has 1 fully saturated rings. The predicted octanol–water partition coefficient (Wildman–Crippen LogP) is -1.45. The molecule has 138 valence electrons. The summed E-state index contributed by atoms with van der Waals surface area (Å²) in [6.07, 6.45) is 1.21. The highest BCUT2D eigenvalue weighted by molar-refractivity contribution is 5.95. The summed E-state index contributed by atoms with van der Waals surface area (Å²) in [5.74, 6) is -0.237. The zero-order valence-electron chi connectivity index (χ0n) is 15.7. The molecule has 25 heavy (non-hydrogen) atoms. The van der Waals surface area contributed by atoms with Gasteiger partial charge in [-0.1, -0.05) is 19.1 Å². The number of amides is 2. The molecule has 0 aliphatic carbocycles. The largest absolute Gasteiger partial charge is 0.342 e. The van der Waals surface area contributed by atoms with Crippen LogP contribution in [0.3, 0.4) is 0 Å². The van der Waals surface area contributed by atoms with Gasteiger partial charge in [-0.05, 0) is 37.5 Å². The number of carbonyl (C=O) groups is 2. The summed E-state index contributed by atoms with van der Waals surface area (Å²) in [7, 11) is 0. The first-order valence-electron chi connectivity index (χ1n) is 9.29. The third-order valence-electron chi connectivity index (χ3n) is 5.00. The fourth-order valence-electron chi connectivity index (χ4n) is 3.29. The summed E-state index contributed by atoms with van der Waals surface area (Å²) in [6, 6.07) is 5.81. The van der Waals surface area contributed by atoms with Crippen LogP contribution in [0.2, 0.25) is 0 Å². The molecule has 0 radical (unpaired) electrons. The first-order valence-corrected chi connectivity index (χ1v) is 9.29. The van der Waals surface area contributed by atoms with Gasteiger partial charge < -0.3 is 20.4 Å². The zero-order chi connectivity index (χ0) is 18.2. The van der Waals surface area contributed by atoms with Crippen LogP contribution in [-0.2, 0) is 9.59 Å². The molecule has 0 aromatic heterocycles. The van der Waals surface area contributed by atoms with Crippen molar-refractivity contribution >= 4 is 17.5 Å². The number of anilines is 1. The minimum atomic E-state index is -0.186. The van der Waals surface area contributed by atoms with Gasteiger partial charge in [0.25, 0.3) is 5.91 Å². The van der Waals surface area contributed by atoms with Gasteiger partial charge in [-0.3, -0.25) is 9.59 Å². The number of aryl methyl sites for hydroxylation is 1. The Bertz CT molecular complexity index is 595. The molecular weight excluding hydrogens is 316 g/mol. The highest BCUT2D eigenvalue weighted by Crippen LogP contribution is 2.17. The van der Waals surface area contributed by atoms with Crippen molar-refractivity contribution in [2.75, 3.05) is 51.1 Å². The van der Waals surface area contributed by atoms with Gasteiger partial charge in [0.1, 0.15) is 26.2 Å². The van der Waals surface area contributed by atoms with Gasteiger partial charge in [-0.2, -0.15) is 0 Å². The van der Waals surface area contributed by atoms with E-state index in [1.165, 1.54) is 17.9 Å². The van der Waals surface area contributed by atoms with E-state index in [4.69, 9.17) is 0 Å². The molecule has 0 saturated carbocycles. The van der Waals surface area contributed by atoms with Gasteiger partial charge >= 0.3 is 0 Å². The molecule has 6 heteroatoms. The monoisotopic (exact) mass is 348 g/mol. The van der Waals surface area contributed by atoms with Crippen molar-refractivity contribution in [2.45, 2.75) is 27.2 Å². The Morgan fingerprint density at radius 1 is 1.04 bits per heavy atom. The highest BCUT2D eigenvalue weighted by Gasteiger charge is 2.24. The molecule has 0 bridgehead atoms. The van der Waals surface area contributed by atoms with E-state index in [-0.39, 0.29) is 18.4 Å². The van der Waals surface area contributed by atoms with E-state index in [0.717, 1.165) is 43.0 Å². The number of nitrogens with one attached hydrogen (secondary N) is 4. The lowest BCUT2D eigenvalue weighted by molar-refractivity contribution is -1.01. The molecule has 4 N–H and O–H groups in total. The minimum Gasteiger partial charge on any atom is -0.342 e. The molecule has 0 unspecified atom stereocenters. The Kier molecular flexibility index (Phi) is 7.40. The fourth-order valence-corrected chi connectivity index (χ4v) is 3.29. The molecule has 1 aliphatic heterocycles. The van der Waals surface area contributed by atoms with Gasteiger partial charge in [0.2, 0.25) is 5.91 Å². The summed E-state index contributed by atoms with van der Waals surface area (Å²) < 4.78 is 0. The molecule has 1 heterocycles. The van der Waals surface area contributed by atoms with E-state index in [2.05, 4.69) is 17.6 Å². The maximum Gasteiger partial charge on any atom is 0.275 e. The second-order valence-corrected chi connectivity index (χ2v) is 7.00. The standard InChI is InChI=1S/C19H30N4O2/c1-4-8-22-9-11-23(12-10-22)14-19(25)20-13-18(24)21-17-7-5-6-15(2)16(17)3/h5-7H,4,8-14H2,1-3H3,(H,20,25)(H,21,24)/p+2. The van der Waals surface area contributed by atoms with Crippen molar-refractivity contribution in [1.29, 1.82) is 0 Å². The van der Waals surface area contributed by atoms with Crippen molar-refractivity contribution in [1.82, 2.24) is 5.32 Å². The van der Waals surface area contributed by atoms with Crippen molar-refractivity contribution < 1.29 is 19.4 Å². The number of carbonyl (C=O) groups excluding carboxylic acids is 2. The van der Waals surface area contributed by atoms with E-state index in [9.17, 15) is 9.59 Å². The second kappa shape index (κ2) is 9.53. The number of benzene rings is 1. The highest BCUT2D eigenvalue weighted by atomic mass is 16.2. The normalized spacial score (nSPS) is 20.1. The molecule has 1 aromatic rings. The quantitative estimate of drug-likeness (QED) is 0.487. The van der Waals surface area contributed by atoms with Crippen LogP contribution in [0.4, 0.5) is 5.69 Å². The molecule has 1 aliphatic rings. The SMILES string of the molecule is CCC[NH+]1CC[NH+](CC(=O)NCC(=O)Nc2cccc(C)c2C)CC1. The molecule has 6 nitrogen and oxygen atoms in total. The van der Waals surface area contributed by atoms with Crippen LogP contribution in [0.25, 0.3) is 0 Å². The van der Waals surface area contributed by atoms with Gasteiger partial charge in [0.15, 0.2) is 6.54 Å². The maximum atomic E-state index is 12.1. The lowest BCUT2D eigenvalue weighted by Crippen LogP contribution is -3.28. The first-order chi connectivity index (χ1) is 12.0. The van der Waals surface area contributed by atoms with Crippen LogP contribution >= 0.6 is 0 Å². The van der Waals surface area contributed by atoms with Gasteiger partial charge in [0.05, 0.1) is 13.1 Å². The average Bonchev–Trinajstić information content (AvgIpc) is 2.59. The number of quaternary nitrogens is 2. The van der Waals surface area contributed by atoms with E-state index in [0.29, 0.717) is 6.54 Å². The zero-order valence-corrected chi connectivity index (χ0v) is 15.7. The van der Waals surface area contributed by atoms with E-state index < -0.39 is 0 Å². The molecule has 1 aromatic carbocycles.